The standard InChI is InChI=1S/C40H31Cl3FN3O6/c1-19-6-10-22(17-29(19)42)46-36(49)25-14-13-24-27(33(25)38(46)51)18-28-37(50)47(45-32-15-9-21(41)16-30(32)43)39(52)40(28,20-7-11-23(53-2)12-8-20)34(24)26-4-3-5-31(44)35(26)48/h3-13,15-17,25,27-28,33-34,45,48H,14,18H2,1-2H3/t25-,27+,28-,33-,34+,40+/m0/s1. The second-order valence-electron chi connectivity index (χ2n) is 13.8. The lowest BCUT2D eigenvalue weighted by Crippen LogP contribution is -2.53. The van der Waals surface area contributed by atoms with Gasteiger partial charge in [0.05, 0.1) is 46.7 Å². The van der Waals surface area contributed by atoms with Crippen LogP contribution < -0.4 is 15.1 Å². The predicted molar refractivity (Wildman–Crippen MR) is 197 cm³/mol. The Hall–Kier alpha value is -4.90. The lowest BCUT2D eigenvalue weighted by atomic mass is 9.49. The van der Waals surface area contributed by atoms with Crippen LogP contribution in [0.4, 0.5) is 15.8 Å². The van der Waals surface area contributed by atoms with Crippen molar-refractivity contribution in [2.24, 2.45) is 23.7 Å². The second kappa shape index (κ2) is 12.9. The van der Waals surface area contributed by atoms with Crippen LogP contribution in [-0.4, -0.2) is 40.9 Å². The Morgan fingerprint density at radius 1 is 0.887 bits per heavy atom. The maximum Gasteiger partial charge on any atom is 0.260 e. The summed E-state index contributed by atoms with van der Waals surface area (Å²) in [7, 11) is 1.50. The van der Waals surface area contributed by atoms with E-state index in [1.165, 1.54) is 31.4 Å². The van der Waals surface area contributed by atoms with Gasteiger partial charge in [0.15, 0.2) is 11.6 Å². The number of benzene rings is 4. The van der Waals surface area contributed by atoms with Crippen molar-refractivity contribution in [1.82, 2.24) is 5.01 Å². The number of aryl methyl sites for hydroxylation is 1. The summed E-state index contributed by atoms with van der Waals surface area (Å²) in [6.07, 6.45) is 1.95. The number of fused-ring (bicyclic) bond motifs is 4. The number of para-hydroxylation sites is 1. The molecule has 3 fully saturated rings. The van der Waals surface area contributed by atoms with Crippen molar-refractivity contribution in [2.75, 3.05) is 17.4 Å². The van der Waals surface area contributed by atoms with Crippen molar-refractivity contribution in [2.45, 2.75) is 31.1 Å². The van der Waals surface area contributed by atoms with E-state index in [-0.39, 0.29) is 29.1 Å². The summed E-state index contributed by atoms with van der Waals surface area (Å²) in [6.45, 7) is 1.81. The quantitative estimate of drug-likeness (QED) is 0.151. The van der Waals surface area contributed by atoms with Gasteiger partial charge in [0, 0.05) is 21.5 Å². The molecular formula is C40H31Cl3FN3O6. The number of phenols is 1. The largest absolute Gasteiger partial charge is 0.505 e. The molecule has 0 unspecified atom stereocenters. The van der Waals surface area contributed by atoms with Gasteiger partial charge in [-0.05, 0) is 85.3 Å². The molecule has 0 radical (unpaired) electrons. The third-order valence-electron chi connectivity index (χ3n) is 11.3. The highest BCUT2D eigenvalue weighted by atomic mass is 35.5. The lowest BCUT2D eigenvalue weighted by Gasteiger charge is -2.50. The molecule has 4 aliphatic rings. The molecule has 53 heavy (non-hydrogen) atoms. The van der Waals surface area contributed by atoms with Gasteiger partial charge in [-0.1, -0.05) is 76.8 Å². The highest BCUT2D eigenvalue weighted by Gasteiger charge is 2.70. The molecule has 4 amide bonds. The molecule has 4 aromatic rings. The van der Waals surface area contributed by atoms with Crippen LogP contribution in [0.2, 0.25) is 15.1 Å². The number of rotatable bonds is 6. The molecule has 9 nitrogen and oxygen atoms in total. The van der Waals surface area contributed by atoms with Gasteiger partial charge in [-0.25, -0.2) is 9.29 Å². The van der Waals surface area contributed by atoms with E-state index in [4.69, 9.17) is 39.5 Å². The number of nitrogens with one attached hydrogen (secondary N) is 1. The molecular weight excluding hydrogens is 744 g/mol. The third kappa shape index (κ3) is 5.17. The number of amides is 4. The van der Waals surface area contributed by atoms with Crippen LogP contribution in [0, 0.1) is 36.4 Å². The van der Waals surface area contributed by atoms with E-state index in [0.717, 1.165) is 21.5 Å². The van der Waals surface area contributed by atoms with Gasteiger partial charge in [0.1, 0.15) is 5.75 Å². The maximum atomic E-state index is 15.4. The summed E-state index contributed by atoms with van der Waals surface area (Å²) in [5.74, 6) is -8.00. The summed E-state index contributed by atoms with van der Waals surface area (Å²) in [6, 6.07) is 20.2. The summed E-state index contributed by atoms with van der Waals surface area (Å²) in [4.78, 5) is 59.8. The molecule has 8 rings (SSSR count). The van der Waals surface area contributed by atoms with Crippen molar-refractivity contribution < 1.29 is 33.4 Å². The van der Waals surface area contributed by atoms with Crippen molar-refractivity contribution in [3.63, 3.8) is 0 Å². The first-order valence-corrected chi connectivity index (χ1v) is 18.1. The monoisotopic (exact) mass is 773 g/mol. The number of carbonyl (C=O) groups excluding carboxylic acids is 4. The highest BCUT2D eigenvalue weighted by molar-refractivity contribution is 6.36. The Morgan fingerprint density at radius 2 is 1.64 bits per heavy atom. The van der Waals surface area contributed by atoms with Gasteiger partial charge < -0.3 is 9.84 Å². The Morgan fingerprint density at radius 3 is 2.34 bits per heavy atom. The molecule has 270 valence electrons. The first kappa shape index (κ1) is 35.1. The van der Waals surface area contributed by atoms with Crippen LogP contribution >= 0.6 is 34.8 Å². The zero-order chi connectivity index (χ0) is 37.5. The summed E-state index contributed by atoms with van der Waals surface area (Å²) in [5, 5.41) is 13.2. The minimum absolute atomic E-state index is 0.00970. The molecule has 0 bridgehead atoms. The van der Waals surface area contributed by atoms with Crippen LogP contribution in [0.15, 0.2) is 90.5 Å². The maximum absolute atomic E-state index is 15.4. The van der Waals surface area contributed by atoms with Gasteiger partial charge >= 0.3 is 0 Å². The first-order chi connectivity index (χ1) is 25.4. The highest BCUT2D eigenvalue weighted by Crippen LogP contribution is 2.65. The number of ether oxygens (including phenoxy) is 1. The Labute approximate surface area is 318 Å². The molecule has 2 aliphatic carbocycles. The number of nitrogens with zero attached hydrogens (tertiary/aromatic N) is 2. The Balaban J connectivity index is 1.34. The Kier molecular flexibility index (Phi) is 8.55. The van der Waals surface area contributed by atoms with Crippen LogP contribution in [-0.2, 0) is 24.6 Å². The van der Waals surface area contributed by atoms with Crippen molar-refractivity contribution in [1.29, 1.82) is 0 Å². The number of halogens is 4. The molecule has 2 N–H and O–H groups in total. The van der Waals surface area contributed by atoms with Gasteiger partial charge in [0.2, 0.25) is 11.8 Å². The van der Waals surface area contributed by atoms with Crippen LogP contribution in [0.5, 0.6) is 11.5 Å². The predicted octanol–water partition coefficient (Wildman–Crippen LogP) is 8.00. The fraction of sp³-hybridized carbons (Fsp3) is 0.250. The molecule has 0 aromatic heterocycles. The summed E-state index contributed by atoms with van der Waals surface area (Å²) < 4.78 is 20.8. The van der Waals surface area contributed by atoms with Crippen molar-refractivity contribution in [3.8, 4) is 11.5 Å². The Bertz CT molecular complexity index is 2280. The van der Waals surface area contributed by atoms with Gasteiger partial charge in [-0.15, -0.1) is 0 Å². The average molecular weight is 775 g/mol. The van der Waals surface area contributed by atoms with Gasteiger partial charge in [-0.2, -0.15) is 5.01 Å². The SMILES string of the molecule is COc1ccc([C@@]23C(=O)N(Nc4ccc(Cl)cc4Cl)C(=O)[C@@H]2C[C@@H]2C(=CC[C@@H]4C(=O)N(c5ccc(C)c(Cl)c5)C(=O)[C@@H]42)[C@@H]3c2cccc(F)c2O)cc1. The second-order valence-corrected chi connectivity index (χ2v) is 15.1. The fourth-order valence-electron chi connectivity index (χ4n) is 8.93. The number of methoxy groups -OCH3 is 1. The third-order valence-corrected chi connectivity index (χ3v) is 12.3. The number of imide groups is 2. The number of aromatic hydroxyl groups is 1. The first-order valence-electron chi connectivity index (χ1n) is 16.9. The van der Waals surface area contributed by atoms with E-state index in [1.54, 1.807) is 48.5 Å². The number of allylic oxidation sites excluding steroid dienone is 2. The number of hydrazine groups is 1. The normalized spacial score (nSPS) is 26.3. The van der Waals surface area contributed by atoms with Crippen LogP contribution in [0.1, 0.15) is 35.4 Å². The van der Waals surface area contributed by atoms with Crippen molar-refractivity contribution >= 4 is 69.8 Å². The zero-order valence-corrected chi connectivity index (χ0v) is 30.5. The van der Waals surface area contributed by atoms with E-state index >= 15 is 9.18 Å². The average Bonchev–Trinajstić information content (AvgIpc) is 3.52. The molecule has 4 aromatic carbocycles. The van der Waals surface area contributed by atoms with E-state index < -0.39 is 70.2 Å². The minimum atomic E-state index is -1.76. The number of carbonyl (C=O) groups is 4. The molecule has 2 heterocycles. The molecule has 2 aliphatic heterocycles. The smallest absolute Gasteiger partial charge is 0.260 e. The summed E-state index contributed by atoms with van der Waals surface area (Å²) >= 11 is 19.1. The molecule has 0 spiro atoms. The van der Waals surface area contributed by atoms with Crippen molar-refractivity contribution in [3.05, 3.63) is 128 Å². The molecule has 2 saturated heterocycles. The minimum Gasteiger partial charge on any atom is -0.505 e. The molecule has 13 heteroatoms. The van der Waals surface area contributed by atoms with Gasteiger partial charge in [-0.3, -0.25) is 24.6 Å². The molecule has 1 saturated carbocycles. The van der Waals surface area contributed by atoms with E-state index in [2.05, 4.69) is 5.43 Å². The van der Waals surface area contributed by atoms with E-state index in [0.29, 0.717) is 32.6 Å². The fourth-order valence-corrected chi connectivity index (χ4v) is 9.55. The van der Waals surface area contributed by atoms with Crippen LogP contribution in [0.25, 0.3) is 0 Å². The molecule has 6 atom stereocenters. The zero-order valence-electron chi connectivity index (χ0n) is 28.3. The summed E-state index contributed by atoms with van der Waals surface area (Å²) in [5.41, 5.74) is 3.51. The van der Waals surface area contributed by atoms with Crippen LogP contribution in [0.3, 0.4) is 0 Å². The van der Waals surface area contributed by atoms with E-state index in [9.17, 15) is 19.5 Å². The lowest BCUT2D eigenvalue weighted by molar-refractivity contribution is -0.138. The number of anilines is 2. The number of hydrogen-bond donors (Lipinski definition) is 2. The number of hydrogen-bond acceptors (Lipinski definition) is 7. The van der Waals surface area contributed by atoms with E-state index in [1.807, 2.05) is 13.0 Å². The van der Waals surface area contributed by atoms with Gasteiger partial charge in [0.25, 0.3) is 11.8 Å². The number of phenolic OH excluding ortho intramolecular Hbond substituents is 1. The topological polar surface area (TPSA) is 116 Å².